The lowest BCUT2D eigenvalue weighted by Crippen LogP contribution is -2.17. The highest BCUT2D eigenvalue weighted by molar-refractivity contribution is 7.17. The monoisotopic (exact) mass is 527 g/mol. The highest BCUT2D eigenvalue weighted by Gasteiger charge is 2.13. The molecule has 7 heteroatoms. The maximum absolute atomic E-state index is 6.12. The normalized spacial score (nSPS) is 12.1. The van der Waals surface area contributed by atoms with Crippen LogP contribution in [-0.2, 0) is 11.3 Å². The summed E-state index contributed by atoms with van der Waals surface area (Å²) in [4.78, 5) is 0. The van der Waals surface area contributed by atoms with Crippen molar-refractivity contribution in [2.24, 2.45) is 16.7 Å². The van der Waals surface area contributed by atoms with Gasteiger partial charge in [-0.3, -0.25) is 0 Å². The Morgan fingerprint density at radius 1 is 0.974 bits per heavy atom. The van der Waals surface area contributed by atoms with Gasteiger partial charge < -0.3 is 25.8 Å². The molecule has 4 N–H and O–H groups in total. The van der Waals surface area contributed by atoms with Crippen molar-refractivity contribution in [3.63, 3.8) is 0 Å². The average molecular weight is 528 g/mol. The fourth-order valence-corrected chi connectivity index (χ4v) is 5.24. The zero-order valence-electron chi connectivity index (χ0n) is 22.0. The van der Waals surface area contributed by atoms with Gasteiger partial charge in [0.2, 0.25) is 0 Å². The van der Waals surface area contributed by atoms with E-state index in [9.17, 15) is 0 Å². The van der Waals surface area contributed by atoms with Crippen LogP contribution in [-0.4, -0.2) is 26.2 Å². The van der Waals surface area contributed by atoms with E-state index >= 15 is 0 Å². The van der Waals surface area contributed by atoms with E-state index in [0.717, 1.165) is 22.6 Å². The van der Waals surface area contributed by atoms with Gasteiger partial charge in [-0.25, -0.2) is 0 Å². The van der Waals surface area contributed by atoms with Gasteiger partial charge in [-0.15, -0.1) is 17.3 Å². The van der Waals surface area contributed by atoms with Gasteiger partial charge in [-0.1, -0.05) is 30.2 Å². The molecule has 1 unspecified atom stereocenters. The third-order valence-corrected chi connectivity index (χ3v) is 7.23. The van der Waals surface area contributed by atoms with E-state index in [0.29, 0.717) is 32.1 Å². The van der Waals surface area contributed by atoms with Crippen LogP contribution >= 0.6 is 11.3 Å². The van der Waals surface area contributed by atoms with E-state index < -0.39 is 0 Å². The second kappa shape index (κ2) is 13.0. The van der Waals surface area contributed by atoms with Gasteiger partial charge in [0.15, 0.2) is 0 Å². The first-order chi connectivity index (χ1) is 18.5. The lowest BCUT2D eigenvalue weighted by atomic mass is 9.95. The fraction of sp³-hybridized carbons (Fsp3) is 0.258. The number of methoxy groups -OCH3 is 1. The van der Waals surface area contributed by atoms with Crippen molar-refractivity contribution in [3.8, 4) is 34.5 Å². The summed E-state index contributed by atoms with van der Waals surface area (Å²) in [7, 11) is 1.67. The number of nitrogens with two attached hydrogens (primary N) is 2. The van der Waals surface area contributed by atoms with Crippen LogP contribution in [0.5, 0.6) is 11.5 Å². The molecule has 0 aliphatic rings. The van der Waals surface area contributed by atoms with Crippen molar-refractivity contribution in [2.45, 2.75) is 32.8 Å². The number of amidine groups is 1. The third kappa shape index (κ3) is 6.65. The molecule has 0 radical (unpaired) electrons. The molecule has 0 saturated heterocycles. The summed E-state index contributed by atoms with van der Waals surface area (Å²) < 4.78 is 18.2. The minimum Gasteiger partial charge on any atom is -0.491 e. The number of benzene rings is 3. The predicted molar refractivity (Wildman–Crippen MR) is 157 cm³/mol. The SMILES string of the molecule is CC#CC(C/C(N)=N/N)c1ccc(OCc2ccc3scc(-c4ccc(OCCOC)cc4C)c3c2)cc1. The molecule has 6 nitrogen and oxygen atoms in total. The summed E-state index contributed by atoms with van der Waals surface area (Å²) in [5, 5.41) is 7.02. The Morgan fingerprint density at radius 2 is 1.76 bits per heavy atom. The van der Waals surface area contributed by atoms with Crippen molar-refractivity contribution < 1.29 is 14.2 Å². The zero-order valence-corrected chi connectivity index (χ0v) is 22.8. The molecule has 0 amide bonds. The van der Waals surface area contributed by atoms with Crippen molar-refractivity contribution in [3.05, 3.63) is 82.7 Å². The van der Waals surface area contributed by atoms with Gasteiger partial charge >= 0.3 is 0 Å². The Hall–Kier alpha value is -3.99. The smallest absolute Gasteiger partial charge is 0.120 e. The average Bonchev–Trinajstić information content (AvgIpc) is 3.35. The van der Waals surface area contributed by atoms with Gasteiger partial charge in [0.1, 0.15) is 30.5 Å². The number of thiophene rings is 1. The number of rotatable bonds is 11. The van der Waals surface area contributed by atoms with Gasteiger partial charge in [0.25, 0.3) is 0 Å². The summed E-state index contributed by atoms with van der Waals surface area (Å²) in [6.07, 6.45) is 0.490. The zero-order chi connectivity index (χ0) is 26.9. The second-order valence-electron chi connectivity index (χ2n) is 8.93. The van der Waals surface area contributed by atoms with Crippen LogP contribution in [0.3, 0.4) is 0 Å². The van der Waals surface area contributed by atoms with E-state index in [2.05, 4.69) is 59.6 Å². The summed E-state index contributed by atoms with van der Waals surface area (Å²) >= 11 is 1.75. The molecule has 0 fully saturated rings. The molecule has 4 aromatic rings. The van der Waals surface area contributed by atoms with Crippen molar-refractivity contribution in [2.75, 3.05) is 20.3 Å². The minimum atomic E-state index is -0.0600. The lowest BCUT2D eigenvalue weighted by molar-refractivity contribution is 0.146. The van der Waals surface area contributed by atoms with Crippen molar-refractivity contribution in [1.82, 2.24) is 0 Å². The van der Waals surface area contributed by atoms with Crippen molar-refractivity contribution >= 4 is 27.3 Å². The Bertz CT molecular complexity index is 1470. The predicted octanol–water partition coefficient (Wildman–Crippen LogP) is 6.21. The van der Waals surface area contributed by atoms with Crippen LogP contribution in [0, 0.1) is 18.8 Å². The van der Waals surface area contributed by atoms with Crippen LogP contribution in [0.2, 0.25) is 0 Å². The molecule has 38 heavy (non-hydrogen) atoms. The Balaban J connectivity index is 1.47. The number of hydrogen-bond donors (Lipinski definition) is 2. The van der Waals surface area contributed by atoms with E-state index in [1.54, 1.807) is 18.4 Å². The molecule has 3 aromatic carbocycles. The van der Waals surface area contributed by atoms with E-state index in [4.69, 9.17) is 25.8 Å². The largest absolute Gasteiger partial charge is 0.491 e. The van der Waals surface area contributed by atoms with Gasteiger partial charge in [-0.2, -0.15) is 5.10 Å². The standard InChI is InChI=1S/C31H33N3O3S/c1-4-5-24(18-31(32)34-33)23-7-9-25(10-8-23)37-19-22-6-13-30-28(17-22)29(20-38-30)27-12-11-26(16-21(27)2)36-15-14-35-3/h6-13,16-17,20,24H,14-15,18-19,33H2,1-3H3,(H2,32,34). The van der Waals surface area contributed by atoms with Crippen LogP contribution in [0.25, 0.3) is 21.2 Å². The maximum Gasteiger partial charge on any atom is 0.120 e. The maximum atomic E-state index is 6.12. The number of aryl methyl sites for hydroxylation is 1. The molecule has 0 saturated carbocycles. The molecule has 196 valence electrons. The molecular weight excluding hydrogens is 494 g/mol. The summed E-state index contributed by atoms with van der Waals surface area (Å²) in [5.41, 5.74) is 11.6. The number of ether oxygens (including phenoxy) is 3. The highest BCUT2D eigenvalue weighted by Crippen LogP contribution is 2.37. The molecule has 1 aromatic heterocycles. The first-order valence-corrected chi connectivity index (χ1v) is 13.3. The van der Waals surface area contributed by atoms with Gasteiger partial charge in [-0.05, 0) is 77.9 Å². The second-order valence-corrected chi connectivity index (χ2v) is 9.84. The van der Waals surface area contributed by atoms with E-state index in [1.165, 1.54) is 26.8 Å². The summed E-state index contributed by atoms with van der Waals surface area (Å²) in [5.74, 6) is 13.4. The Labute approximate surface area is 228 Å². The molecule has 4 rings (SSSR count). The number of hydrazone groups is 1. The molecule has 0 spiro atoms. The first-order valence-electron chi connectivity index (χ1n) is 12.4. The van der Waals surface area contributed by atoms with Crippen LogP contribution < -0.4 is 21.1 Å². The molecule has 1 heterocycles. The molecular formula is C31H33N3O3S. The minimum absolute atomic E-state index is 0.0600. The number of nitrogens with zero attached hydrogens (tertiary/aromatic N) is 1. The number of fused-ring (bicyclic) bond motifs is 1. The third-order valence-electron chi connectivity index (χ3n) is 6.27. The molecule has 0 aliphatic carbocycles. The van der Waals surface area contributed by atoms with Gasteiger partial charge in [0, 0.05) is 29.2 Å². The summed E-state index contributed by atoms with van der Waals surface area (Å²) in [6, 6.07) is 20.7. The first kappa shape index (κ1) is 27.1. The van der Waals surface area contributed by atoms with Crippen LogP contribution in [0.1, 0.15) is 36.0 Å². The Morgan fingerprint density at radius 3 is 2.47 bits per heavy atom. The van der Waals surface area contributed by atoms with E-state index in [1.807, 2.05) is 37.3 Å². The summed E-state index contributed by atoms with van der Waals surface area (Å²) in [6.45, 7) is 5.50. The van der Waals surface area contributed by atoms with Gasteiger partial charge in [0.05, 0.1) is 12.5 Å². The van der Waals surface area contributed by atoms with Crippen LogP contribution in [0.4, 0.5) is 0 Å². The molecule has 0 bridgehead atoms. The molecule has 1 atom stereocenters. The lowest BCUT2D eigenvalue weighted by Gasteiger charge is -2.12. The Kier molecular flexibility index (Phi) is 9.26. The quantitative estimate of drug-likeness (QED) is 0.0604. The van der Waals surface area contributed by atoms with E-state index in [-0.39, 0.29) is 5.92 Å². The topological polar surface area (TPSA) is 92.1 Å². The fourth-order valence-electron chi connectivity index (χ4n) is 4.30. The highest BCUT2D eigenvalue weighted by atomic mass is 32.1. The molecule has 0 aliphatic heterocycles. The van der Waals surface area contributed by atoms with Crippen molar-refractivity contribution in [1.29, 1.82) is 0 Å². The number of hydrogen-bond acceptors (Lipinski definition) is 6. The van der Waals surface area contributed by atoms with Crippen LogP contribution in [0.15, 0.2) is 71.1 Å².